The highest BCUT2D eigenvalue weighted by Crippen LogP contribution is 2.09. The molecule has 0 saturated carbocycles. The Morgan fingerprint density at radius 3 is 2.81 bits per heavy atom. The van der Waals surface area contributed by atoms with Gasteiger partial charge < -0.3 is 10.1 Å². The standard InChI is InChI=1S/C14H23NO/c1-4-16-9-5-8-15-11-14-10-12(2)6-7-13(14)3/h6-7,10,15H,4-5,8-9,11H2,1-3H3. The molecule has 0 aliphatic rings. The van der Waals surface area contributed by atoms with Gasteiger partial charge in [-0.2, -0.15) is 0 Å². The van der Waals surface area contributed by atoms with Crippen molar-refractivity contribution in [3.8, 4) is 0 Å². The molecule has 1 aromatic carbocycles. The van der Waals surface area contributed by atoms with Crippen molar-refractivity contribution in [2.24, 2.45) is 0 Å². The van der Waals surface area contributed by atoms with Crippen LogP contribution < -0.4 is 5.32 Å². The van der Waals surface area contributed by atoms with Gasteiger partial charge in [-0.3, -0.25) is 0 Å². The quantitative estimate of drug-likeness (QED) is 0.715. The average molecular weight is 221 g/mol. The summed E-state index contributed by atoms with van der Waals surface area (Å²) in [5, 5.41) is 3.45. The zero-order chi connectivity index (χ0) is 11.8. The van der Waals surface area contributed by atoms with Crippen LogP contribution in [-0.2, 0) is 11.3 Å². The maximum Gasteiger partial charge on any atom is 0.0477 e. The first kappa shape index (κ1) is 13.2. The summed E-state index contributed by atoms with van der Waals surface area (Å²) < 4.78 is 5.29. The van der Waals surface area contributed by atoms with E-state index in [-0.39, 0.29) is 0 Å². The predicted octanol–water partition coefficient (Wildman–Crippen LogP) is 2.82. The fourth-order valence-corrected chi connectivity index (χ4v) is 1.66. The van der Waals surface area contributed by atoms with Crippen molar-refractivity contribution in [2.45, 2.75) is 33.7 Å². The average Bonchev–Trinajstić information content (AvgIpc) is 2.28. The van der Waals surface area contributed by atoms with E-state index < -0.39 is 0 Å². The minimum atomic E-state index is 0.816. The number of ether oxygens (including phenoxy) is 1. The van der Waals surface area contributed by atoms with Crippen LogP contribution >= 0.6 is 0 Å². The molecule has 0 bridgehead atoms. The van der Waals surface area contributed by atoms with E-state index in [1.807, 2.05) is 6.92 Å². The lowest BCUT2D eigenvalue weighted by Gasteiger charge is -2.08. The van der Waals surface area contributed by atoms with Crippen LogP contribution in [0.3, 0.4) is 0 Å². The second kappa shape index (κ2) is 7.42. The molecule has 90 valence electrons. The van der Waals surface area contributed by atoms with E-state index in [0.717, 1.165) is 32.7 Å². The fraction of sp³-hybridized carbons (Fsp3) is 0.571. The lowest BCUT2D eigenvalue weighted by atomic mass is 10.1. The van der Waals surface area contributed by atoms with Crippen molar-refractivity contribution < 1.29 is 4.74 Å². The van der Waals surface area contributed by atoms with Crippen molar-refractivity contribution in [1.29, 1.82) is 0 Å². The first-order valence-corrected chi connectivity index (χ1v) is 6.08. The number of nitrogens with one attached hydrogen (secondary N) is 1. The molecule has 0 aromatic heterocycles. The molecule has 0 aliphatic carbocycles. The largest absolute Gasteiger partial charge is 0.382 e. The van der Waals surface area contributed by atoms with Gasteiger partial charge >= 0.3 is 0 Å². The summed E-state index contributed by atoms with van der Waals surface area (Å²) in [5.41, 5.74) is 4.09. The number of aryl methyl sites for hydroxylation is 2. The van der Waals surface area contributed by atoms with Gasteiger partial charge in [-0.05, 0) is 44.9 Å². The monoisotopic (exact) mass is 221 g/mol. The fourth-order valence-electron chi connectivity index (χ4n) is 1.66. The first-order chi connectivity index (χ1) is 7.74. The molecular weight excluding hydrogens is 198 g/mol. The molecule has 0 spiro atoms. The van der Waals surface area contributed by atoms with Gasteiger partial charge in [0, 0.05) is 19.8 Å². The summed E-state index contributed by atoms with van der Waals surface area (Å²) in [6.45, 7) is 9.98. The molecule has 0 aliphatic heterocycles. The van der Waals surface area contributed by atoms with Gasteiger partial charge in [0.1, 0.15) is 0 Å². The smallest absolute Gasteiger partial charge is 0.0477 e. The second-order valence-corrected chi connectivity index (χ2v) is 4.16. The van der Waals surface area contributed by atoms with E-state index in [4.69, 9.17) is 4.74 Å². The summed E-state index contributed by atoms with van der Waals surface area (Å²) in [7, 11) is 0. The van der Waals surface area contributed by atoms with Gasteiger partial charge in [-0.15, -0.1) is 0 Å². The van der Waals surface area contributed by atoms with Gasteiger partial charge in [0.05, 0.1) is 0 Å². The minimum Gasteiger partial charge on any atom is -0.382 e. The van der Waals surface area contributed by atoms with Crippen molar-refractivity contribution in [3.63, 3.8) is 0 Å². The number of hydrogen-bond donors (Lipinski definition) is 1. The molecular formula is C14H23NO. The van der Waals surface area contributed by atoms with Gasteiger partial charge in [0.25, 0.3) is 0 Å². The Hall–Kier alpha value is -0.860. The molecule has 1 aromatic rings. The lowest BCUT2D eigenvalue weighted by Crippen LogP contribution is -2.17. The van der Waals surface area contributed by atoms with E-state index in [9.17, 15) is 0 Å². The Balaban J connectivity index is 2.23. The SMILES string of the molecule is CCOCCCNCc1cc(C)ccc1C. The summed E-state index contributed by atoms with van der Waals surface area (Å²) in [5.74, 6) is 0. The van der Waals surface area contributed by atoms with Gasteiger partial charge in [-0.25, -0.2) is 0 Å². The maximum atomic E-state index is 5.29. The molecule has 0 radical (unpaired) electrons. The normalized spacial score (nSPS) is 10.7. The zero-order valence-corrected chi connectivity index (χ0v) is 10.7. The Kier molecular flexibility index (Phi) is 6.12. The summed E-state index contributed by atoms with van der Waals surface area (Å²) in [4.78, 5) is 0. The molecule has 16 heavy (non-hydrogen) atoms. The van der Waals surface area contributed by atoms with E-state index in [1.165, 1.54) is 16.7 Å². The van der Waals surface area contributed by atoms with Gasteiger partial charge in [0.15, 0.2) is 0 Å². The van der Waals surface area contributed by atoms with Crippen LogP contribution in [0.4, 0.5) is 0 Å². The topological polar surface area (TPSA) is 21.3 Å². The van der Waals surface area contributed by atoms with Crippen molar-refractivity contribution in [2.75, 3.05) is 19.8 Å². The first-order valence-electron chi connectivity index (χ1n) is 6.08. The van der Waals surface area contributed by atoms with Crippen LogP contribution in [0.1, 0.15) is 30.0 Å². The Bertz CT molecular complexity index is 310. The Morgan fingerprint density at radius 1 is 1.25 bits per heavy atom. The highest BCUT2D eigenvalue weighted by molar-refractivity contribution is 5.30. The molecule has 2 nitrogen and oxygen atoms in total. The van der Waals surface area contributed by atoms with Crippen molar-refractivity contribution in [1.82, 2.24) is 5.32 Å². The van der Waals surface area contributed by atoms with E-state index in [1.54, 1.807) is 0 Å². The molecule has 0 heterocycles. The van der Waals surface area contributed by atoms with E-state index >= 15 is 0 Å². The van der Waals surface area contributed by atoms with Crippen LogP contribution in [0.5, 0.6) is 0 Å². The number of rotatable bonds is 7. The van der Waals surface area contributed by atoms with Crippen LogP contribution in [0, 0.1) is 13.8 Å². The van der Waals surface area contributed by atoms with Crippen molar-refractivity contribution >= 4 is 0 Å². The van der Waals surface area contributed by atoms with E-state index in [0.29, 0.717) is 0 Å². The maximum absolute atomic E-state index is 5.29. The molecule has 1 rings (SSSR count). The van der Waals surface area contributed by atoms with Crippen LogP contribution in [-0.4, -0.2) is 19.8 Å². The molecule has 0 unspecified atom stereocenters. The highest BCUT2D eigenvalue weighted by atomic mass is 16.5. The third kappa shape index (κ3) is 4.77. The molecule has 1 N–H and O–H groups in total. The summed E-state index contributed by atoms with van der Waals surface area (Å²) >= 11 is 0. The van der Waals surface area contributed by atoms with Crippen LogP contribution in [0.15, 0.2) is 18.2 Å². The highest BCUT2D eigenvalue weighted by Gasteiger charge is 1.97. The van der Waals surface area contributed by atoms with Crippen molar-refractivity contribution in [3.05, 3.63) is 34.9 Å². The molecule has 0 amide bonds. The van der Waals surface area contributed by atoms with Gasteiger partial charge in [-0.1, -0.05) is 23.8 Å². The van der Waals surface area contributed by atoms with Gasteiger partial charge in [0.2, 0.25) is 0 Å². The predicted molar refractivity (Wildman–Crippen MR) is 68.7 cm³/mol. The van der Waals surface area contributed by atoms with Crippen LogP contribution in [0.2, 0.25) is 0 Å². The summed E-state index contributed by atoms with van der Waals surface area (Å²) in [6.07, 6.45) is 1.08. The number of benzene rings is 1. The van der Waals surface area contributed by atoms with Crippen LogP contribution in [0.25, 0.3) is 0 Å². The third-order valence-corrected chi connectivity index (χ3v) is 2.67. The summed E-state index contributed by atoms with van der Waals surface area (Å²) in [6, 6.07) is 6.60. The lowest BCUT2D eigenvalue weighted by molar-refractivity contribution is 0.144. The third-order valence-electron chi connectivity index (χ3n) is 2.67. The number of hydrogen-bond acceptors (Lipinski definition) is 2. The Morgan fingerprint density at radius 2 is 2.06 bits per heavy atom. The molecule has 0 saturated heterocycles. The molecule has 2 heteroatoms. The zero-order valence-electron chi connectivity index (χ0n) is 10.7. The molecule has 0 fully saturated rings. The molecule has 0 atom stereocenters. The van der Waals surface area contributed by atoms with E-state index in [2.05, 4.69) is 37.4 Å². The second-order valence-electron chi connectivity index (χ2n) is 4.16. The minimum absolute atomic E-state index is 0.816. The Labute approximate surface area is 99.0 Å².